The molecule has 0 fully saturated rings. The van der Waals surface area contributed by atoms with Crippen molar-refractivity contribution in [3.05, 3.63) is 68.8 Å². The first-order valence-corrected chi connectivity index (χ1v) is 12.6. The van der Waals surface area contributed by atoms with Crippen molar-refractivity contribution in [2.75, 3.05) is 4.90 Å². The molecule has 2 aromatic rings. The predicted octanol–water partition coefficient (Wildman–Crippen LogP) is 5.22. The summed E-state index contributed by atoms with van der Waals surface area (Å²) < 4.78 is 0. The summed E-state index contributed by atoms with van der Waals surface area (Å²) in [5.74, 6) is -0.202. The van der Waals surface area contributed by atoms with Crippen LogP contribution in [0.15, 0.2) is 47.2 Å². The Morgan fingerprint density at radius 1 is 1.18 bits per heavy atom. The lowest BCUT2D eigenvalue weighted by Gasteiger charge is -2.43. The Bertz CT molecular complexity index is 1320. The standard InChI is InChI=1S/C27H27N5OS/c1-27(2)11-20-24(21(33)12-27)23(16-7-6-10-31-15-16)19(14-29)25(30)32(20)26-18(13-28)17-8-4-3-5-9-22(17)34-26/h6-7,10,15,23H,3-5,8-9,11-12,30H2,1-2H3/t23-/m0/s1. The fourth-order valence-corrected chi connectivity index (χ4v) is 7.00. The van der Waals surface area contributed by atoms with Crippen LogP contribution in [0, 0.1) is 28.1 Å². The molecule has 0 unspecified atom stereocenters. The third kappa shape index (κ3) is 3.52. The molecule has 2 aromatic heterocycles. The fourth-order valence-electron chi connectivity index (χ4n) is 5.62. The highest BCUT2D eigenvalue weighted by Gasteiger charge is 2.45. The zero-order valence-electron chi connectivity index (χ0n) is 19.5. The Morgan fingerprint density at radius 3 is 2.68 bits per heavy atom. The van der Waals surface area contributed by atoms with E-state index >= 15 is 0 Å². The third-order valence-electron chi connectivity index (χ3n) is 7.12. The number of hydrogen-bond donors (Lipinski definition) is 1. The topological polar surface area (TPSA) is 107 Å². The molecule has 7 heteroatoms. The number of aryl methyl sites for hydroxylation is 1. The number of anilines is 1. The van der Waals surface area contributed by atoms with Crippen LogP contribution in [0.25, 0.3) is 0 Å². The number of thiophene rings is 1. The monoisotopic (exact) mass is 469 g/mol. The Hall–Kier alpha value is -3.42. The van der Waals surface area contributed by atoms with Crippen LogP contribution in [0.3, 0.4) is 0 Å². The van der Waals surface area contributed by atoms with Gasteiger partial charge in [-0.3, -0.25) is 14.7 Å². The van der Waals surface area contributed by atoms with Crippen LogP contribution in [-0.4, -0.2) is 10.8 Å². The summed E-state index contributed by atoms with van der Waals surface area (Å²) in [6.07, 6.45) is 9.59. The molecule has 2 aliphatic carbocycles. The van der Waals surface area contributed by atoms with Crippen LogP contribution in [0.4, 0.5) is 5.00 Å². The van der Waals surface area contributed by atoms with Gasteiger partial charge in [0, 0.05) is 35.0 Å². The number of hydrogen-bond acceptors (Lipinski definition) is 7. The molecule has 0 bridgehead atoms. The van der Waals surface area contributed by atoms with E-state index in [1.165, 1.54) is 4.88 Å². The van der Waals surface area contributed by atoms with Gasteiger partial charge in [0.2, 0.25) is 0 Å². The second-order valence-electron chi connectivity index (χ2n) is 10.1. The number of fused-ring (bicyclic) bond motifs is 1. The number of pyridine rings is 1. The van der Waals surface area contributed by atoms with Crippen LogP contribution >= 0.6 is 11.3 Å². The molecular formula is C27H27N5OS. The largest absolute Gasteiger partial charge is 0.384 e. The van der Waals surface area contributed by atoms with Gasteiger partial charge in [-0.25, -0.2) is 0 Å². The zero-order valence-corrected chi connectivity index (χ0v) is 20.3. The van der Waals surface area contributed by atoms with E-state index in [0.717, 1.165) is 53.9 Å². The molecule has 3 heterocycles. The van der Waals surface area contributed by atoms with Gasteiger partial charge in [-0.2, -0.15) is 10.5 Å². The molecule has 0 saturated carbocycles. The third-order valence-corrected chi connectivity index (χ3v) is 8.39. The van der Waals surface area contributed by atoms with Crippen LogP contribution in [0.1, 0.15) is 73.4 Å². The first-order valence-electron chi connectivity index (χ1n) is 11.8. The second-order valence-corrected chi connectivity index (χ2v) is 11.2. The predicted molar refractivity (Wildman–Crippen MR) is 132 cm³/mol. The van der Waals surface area contributed by atoms with Gasteiger partial charge < -0.3 is 5.73 Å². The summed E-state index contributed by atoms with van der Waals surface area (Å²) >= 11 is 1.60. The smallest absolute Gasteiger partial charge is 0.162 e. The van der Waals surface area contributed by atoms with Gasteiger partial charge in [0.15, 0.2) is 5.78 Å². The minimum absolute atomic E-state index is 0.0296. The van der Waals surface area contributed by atoms with Crippen molar-refractivity contribution in [2.24, 2.45) is 11.1 Å². The van der Waals surface area contributed by atoms with E-state index < -0.39 is 5.92 Å². The Kier molecular flexibility index (Phi) is 5.54. The van der Waals surface area contributed by atoms with Crippen molar-refractivity contribution in [1.29, 1.82) is 10.5 Å². The molecule has 3 aliphatic rings. The molecule has 0 radical (unpaired) electrons. The minimum Gasteiger partial charge on any atom is -0.384 e. The maximum atomic E-state index is 13.6. The average molecular weight is 470 g/mol. The normalized spacial score (nSPS) is 21.9. The molecule has 0 aromatic carbocycles. The lowest BCUT2D eigenvalue weighted by molar-refractivity contribution is -0.118. The highest BCUT2D eigenvalue weighted by Crippen LogP contribution is 2.52. The van der Waals surface area contributed by atoms with Crippen molar-refractivity contribution >= 4 is 22.1 Å². The van der Waals surface area contributed by atoms with E-state index in [1.54, 1.807) is 23.7 Å². The average Bonchev–Trinajstić information content (AvgIpc) is 2.98. The summed E-state index contributed by atoms with van der Waals surface area (Å²) in [6.45, 7) is 4.17. The summed E-state index contributed by atoms with van der Waals surface area (Å²) in [5.41, 5.74) is 10.8. The highest BCUT2D eigenvalue weighted by atomic mass is 32.1. The van der Waals surface area contributed by atoms with Crippen LogP contribution in [-0.2, 0) is 17.6 Å². The van der Waals surface area contributed by atoms with E-state index in [9.17, 15) is 15.3 Å². The lowest BCUT2D eigenvalue weighted by Crippen LogP contribution is -2.42. The van der Waals surface area contributed by atoms with E-state index in [0.29, 0.717) is 35.4 Å². The van der Waals surface area contributed by atoms with Crippen LogP contribution < -0.4 is 10.6 Å². The first-order chi connectivity index (χ1) is 16.4. The summed E-state index contributed by atoms with van der Waals surface area (Å²) in [6, 6.07) is 8.46. The maximum absolute atomic E-state index is 13.6. The van der Waals surface area contributed by atoms with Gasteiger partial charge in [-0.1, -0.05) is 26.3 Å². The van der Waals surface area contributed by atoms with Crippen molar-refractivity contribution in [1.82, 2.24) is 4.98 Å². The van der Waals surface area contributed by atoms with Crippen molar-refractivity contribution in [3.8, 4) is 12.1 Å². The number of nitrogens with zero attached hydrogens (tertiary/aromatic N) is 4. The molecule has 1 atom stereocenters. The molecule has 5 rings (SSSR count). The Labute approximate surface area is 204 Å². The molecule has 6 nitrogen and oxygen atoms in total. The zero-order chi connectivity index (χ0) is 24.0. The minimum atomic E-state index is -0.545. The molecule has 0 spiro atoms. The Morgan fingerprint density at radius 2 is 1.97 bits per heavy atom. The molecule has 0 saturated heterocycles. The molecule has 1 aliphatic heterocycles. The molecule has 172 valence electrons. The van der Waals surface area contributed by atoms with E-state index in [4.69, 9.17) is 5.73 Å². The maximum Gasteiger partial charge on any atom is 0.162 e. The number of rotatable bonds is 2. The molecular weight excluding hydrogens is 442 g/mol. The highest BCUT2D eigenvalue weighted by molar-refractivity contribution is 7.16. The number of ketones is 1. The lowest BCUT2D eigenvalue weighted by atomic mass is 9.69. The number of allylic oxidation sites excluding steroid dienone is 3. The number of nitriles is 2. The number of nitrogens with two attached hydrogens (primary N) is 1. The first kappa shape index (κ1) is 22.4. The van der Waals surface area contributed by atoms with Gasteiger partial charge >= 0.3 is 0 Å². The number of aromatic nitrogens is 1. The number of carbonyl (C=O) groups is 1. The van der Waals surface area contributed by atoms with Gasteiger partial charge in [0.1, 0.15) is 16.9 Å². The van der Waals surface area contributed by atoms with Gasteiger partial charge in [0.25, 0.3) is 0 Å². The SMILES string of the molecule is CC1(C)CC(=O)C2=C(C1)N(c1sc3c(c1C#N)CCCCC3)C(N)=C(C#N)[C@@H]2c1cccnc1. The molecule has 0 amide bonds. The number of carbonyl (C=O) groups excluding carboxylic acids is 1. The van der Waals surface area contributed by atoms with E-state index in [2.05, 4.69) is 31.0 Å². The van der Waals surface area contributed by atoms with Crippen LogP contribution in [0.2, 0.25) is 0 Å². The molecule has 2 N–H and O–H groups in total. The number of Topliss-reactive ketones (excluding diaryl/α,β-unsaturated/α-hetero) is 1. The summed E-state index contributed by atoms with van der Waals surface area (Å²) in [7, 11) is 0. The van der Waals surface area contributed by atoms with E-state index in [1.807, 2.05) is 17.0 Å². The van der Waals surface area contributed by atoms with Crippen molar-refractivity contribution < 1.29 is 4.79 Å². The summed E-state index contributed by atoms with van der Waals surface area (Å²) in [5, 5.41) is 21.2. The molecule has 34 heavy (non-hydrogen) atoms. The van der Waals surface area contributed by atoms with E-state index in [-0.39, 0.29) is 11.2 Å². The fraction of sp³-hybridized carbons (Fsp3) is 0.407. The van der Waals surface area contributed by atoms with Crippen molar-refractivity contribution in [2.45, 2.75) is 64.7 Å². The van der Waals surface area contributed by atoms with Crippen LogP contribution in [0.5, 0.6) is 0 Å². The quantitative estimate of drug-likeness (QED) is 0.604. The van der Waals surface area contributed by atoms with Gasteiger partial charge in [0.05, 0.1) is 23.1 Å². The summed E-state index contributed by atoms with van der Waals surface area (Å²) in [4.78, 5) is 21.0. The second kappa shape index (κ2) is 8.42. The van der Waals surface area contributed by atoms with Crippen molar-refractivity contribution in [3.63, 3.8) is 0 Å². The van der Waals surface area contributed by atoms with Gasteiger partial charge in [-0.15, -0.1) is 11.3 Å². The Balaban J connectivity index is 1.78. The van der Waals surface area contributed by atoms with Gasteiger partial charge in [-0.05, 0) is 54.7 Å².